The number of nitrogens with one attached hydrogen (secondary N) is 1. The van der Waals surface area contributed by atoms with Crippen LogP contribution in [0.1, 0.15) is 73.1 Å². The number of hydrogen-bond donors (Lipinski definition) is 1. The number of hydrogen-bond acceptors (Lipinski definition) is 1. The maximum atomic E-state index is 3.64. The van der Waals surface area contributed by atoms with Crippen molar-refractivity contribution in [3.8, 4) is 0 Å². The molecule has 102 valence electrons. The molecule has 1 N–H and O–H groups in total. The molecule has 1 nitrogen and oxygen atoms in total. The van der Waals surface area contributed by atoms with Crippen LogP contribution in [0, 0.1) is 17.3 Å². The normalized spacial score (nSPS) is 28.1. The van der Waals surface area contributed by atoms with Crippen LogP contribution in [-0.2, 0) is 0 Å². The second kappa shape index (κ2) is 6.78. The second-order valence-electron chi connectivity index (χ2n) is 7.02. The summed E-state index contributed by atoms with van der Waals surface area (Å²) in [6, 6.07) is 0.669. The molecule has 0 radical (unpaired) electrons. The van der Waals surface area contributed by atoms with Crippen LogP contribution in [0.25, 0.3) is 0 Å². The zero-order valence-electron chi connectivity index (χ0n) is 12.7. The van der Waals surface area contributed by atoms with Crippen molar-refractivity contribution in [2.75, 3.05) is 6.54 Å². The van der Waals surface area contributed by atoms with E-state index in [0.717, 1.165) is 18.4 Å². The molecule has 1 fully saturated rings. The Morgan fingerprint density at radius 2 is 2.00 bits per heavy atom. The first kappa shape index (κ1) is 15.0. The summed E-state index contributed by atoms with van der Waals surface area (Å²) in [6.07, 6.45) is 8.38. The molecule has 0 saturated heterocycles. The van der Waals surface area contributed by atoms with Crippen LogP contribution in [0.5, 0.6) is 0 Å². The highest BCUT2D eigenvalue weighted by Crippen LogP contribution is 2.42. The lowest BCUT2D eigenvalue weighted by atomic mass is 9.66. The summed E-state index contributed by atoms with van der Waals surface area (Å²) in [6.45, 7) is 13.2. The van der Waals surface area contributed by atoms with Crippen LogP contribution in [0.2, 0.25) is 0 Å². The van der Waals surface area contributed by atoms with Crippen molar-refractivity contribution in [2.45, 2.75) is 79.2 Å². The highest BCUT2D eigenvalue weighted by molar-refractivity contribution is 4.85. The van der Waals surface area contributed by atoms with Gasteiger partial charge in [0.15, 0.2) is 0 Å². The quantitative estimate of drug-likeness (QED) is 0.713. The van der Waals surface area contributed by atoms with Crippen LogP contribution >= 0.6 is 0 Å². The molecular formula is C16H33N. The first-order chi connectivity index (χ1) is 7.95. The van der Waals surface area contributed by atoms with E-state index in [1.54, 1.807) is 0 Å². The third kappa shape index (κ3) is 4.99. The van der Waals surface area contributed by atoms with E-state index in [1.807, 2.05) is 0 Å². The largest absolute Gasteiger partial charge is 0.314 e. The monoisotopic (exact) mass is 239 g/mol. The molecule has 0 aromatic carbocycles. The first-order valence-corrected chi connectivity index (χ1v) is 7.69. The van der Waals surface area contributed by atoms with Gasteiger partial charge in [-0.15, -0.1) is 0 Å². The molecular weight excluding hydrogens is 206 g/mol. The summed E-state index contributed by atoms with van der Waals surface area (Å²) in [5.41, 5.74) is 0.509. The Morgan fingerprint density at radius 1 is 1.29 bits per heavy atom. The van der Waals surface area contributed by atoms with E-state index < -0.39 is 0 Å². The van der Waals surface area contributed by atoms with Gasteiger partial charge in [-0.25, -0.2) is 0 Å². The van der Waals surface area contributed by atoms with Gasteiger partial charge < -0.3 is 5.32 Å². The topological polar surface area (TPSA) is 12.0 Å². The Morgan fingerprint density at radius 3 is 2.59 bits per heavy atom. The minimum Gasteiger partial charge on any atom is -0.314 e. The summed E-state index contributed by atoms with van der Waals surface area (Å²) in [5, 5.41) is 3.64. The predicted molar refractivity (Wildman–Crippen MR) is 77.3 cm³/mol. The highest BCUT2D eigenvalue weighted by Gasteiger charge is 2.33. The van der Waals surface area contributed by atoms with Crippen molar-refractivity contribution < 1.29 is 0 Å². The zero-order chi connectivity index (χ0) is 12.9. The SMILES string of the molecule is CCCNC(C)CC(C)(C)C1CCCC(C)C1. The maximum absolute atomic E-state index is 3.64. The minimum absolute atomic E-state index is 0.509. The van der Waals surface area contributed by atoms with Crippen LogP contribution in [0.4, 0.5) is 0 Å². The minimum atomic E-state index is 0.509. The van der Waals surface area contributed by atoms with E-state index in [1.165, 1.54) is 38.5 Å². The lowest BCUT2D eigenvalue weighted by molar-refractivity contribution is 0.110. The van der Waals surface area contributed by atoms with E-state index in [2.05, 4.69) is 39.9 Å². The standard InChI is InChI=1S/C16H33N/c1-6-10-17-14(3)12-16(4,5)15-9-7-8-13(2)11-15/h13-15,17H,6-12H2,1-5H3. The molecule has 0 aliphatic heterocycles. The van der Waals surface area contributed by atoms with E-state index in [-0.39, 0.29) is 0 Å². The van der Waals surface area contributed by atoms with Crippen molar-refractivity contribution >= 4 is 0 Å². The summed E-state index contributed by atoms with van der Waals surface area (Å²) < 4.78 is 0. The average molecular weight is 239 g/mol. The molecule has 3 unspecified atom stereocenters. The Balaban J connectivity index is 2.42. The molecule has 1 aliphatic carbocycles. The average Bonchev–Trinajstić information content (AvgIpc) is 2.26. The smallest absolute Gasteiger partial charge is 0.00439 e. The molecule has 0 amide bonds. The lowest BCUT2D eigenvalue weighted by Crippen LogP contribution is -2.36. The van der Waals surface area contributed by atoms with Crippen LogP contribution < -0.4 is 5.32 Å². The van der Waals surface area contributed by atoms with Crippen molar-refractivity contribution in [1.82, 2.24) is 5.32 Å². The fraction of sp³-hybridized carbons (Fsp3) is 1.00. The second-order valence-corrected chi connectivity index (χ2v) is 7.02. The fourth-order valence-electron chi connectivity index (χ4n) is 3.56. The van der Waals surface area contributed by atoms with Gasteiger partial charge in [-0.3, -0.25) is 0 Å². The van der Waals surface area contributed by atoms with E-state index in [4.69, 9.17) is 0 Å². The van der Waals surface area contributed by atoms with Crippen LogP contribution in [0.15, 0.2) is 0 Å². The van der Waals surface area contributed by atoms with E-state index in [0.29, 0.717) is 11.5 Å². The van der Waals surface area contributed by atoms with Gasteiger partial charge in [0.25, 0.3) is 0 Å². The van der Waals surface area contributed by atoms with Crippen molar-refractivity contribution in [1.29, 1.82) is 0 Å². The summed E-state index contributed by atoms with van der Waals surface area (Å²) in [5.74, 6) is 1.89. The van der Waals surface area contributed by atoms with Gasteiger partial charge >= 0.3 is 0 Å². The molecule has 1 rings (SSSR count). The Labute approximate surface area is 109 Å². The molecule has 1 aliphatic rings. The first-order valence-electron chi connectivity index (χ1n) is 7.69. The highest BCUT2D eigenvalue weighted by atomic mass is 14.9. The van der Waals surface area contributed by atoms with E-state index >= 15 is 0 Å². The molecule has 1 saturated carbocycles. The summed E-state index contributed by atoms with van der Waals surface area (Å²) in [4.78, 5) is 0. The van der Waals surface area contributed by atoms with E-state index in [9.17, 15) is 0 Å². The fourth-order valence-corrected chi connectivity index (χ4v) is 3.56. The van der Waals surface area contributed by atoms with Gasteiger partial charge in [0.1, 0.15) is 0 Å². The molecule has 0 aromatic rings. The van der Waals surface area contributed by atoms with Crippen molar-refractivity contribution in [3.05, 3.63) is 0 Å². The van der Waals surface area contributed by atoms with Gasteiger partial charge in [-0.2, -0.15) is 0 Å². The zero-order valence-corrected chi connectivity index (χ0v) is 12.7. The maximum Gasteiger partial charge on any atom is 0.00439 e. The molecule has 1 heteroatoms. The summed E-state index contributed by atoms with van der Waals surface area (Å²) >= 11 is 0. The number of rotatable bonds is 6. The Hall–Kier alpha value is -0.0400. The third-order valence-corrected chi connectivity index (χ3v) is 4.62. The van der Waals surface area contributed by atoms with Crippen molar-refractivity contribution in [2.24, 2.45) is 17.3 Å². The summed E-state index contributed by atoms with van der Waals surface area (Å²) in [7, 11) is 0. The Bertz CT molecular complexity index is 210. The molecule has 0 aromatic heterocycles. The third-order valence-electron chi connectivity index (χ3n) is 4.62. The Kier molecular flexibility index (Phi) is 5.99. The molecule has 0 spiro atoms. The van der Waals surface area contributed by atoms with Gasteiger partial charge in [-0.1, -0.05) is 40.5 Å². The molecule has 17 heavy (non-hydrogen) atoms. The predicted octanol–water partition coefficient (Wildman–Crippen LogP) is 4.62. The molecule has 0 heterocycles. The van der Waals surface area contributed by atoms with Gasteiger partial charge in [0.05, 0.1) is 0 Å². The van der Waals surface area contributed by atoms with Gasteiger partial charge in [0, 0.05) is 6.04 Å². The van der Waals surface area contributed by atoms with Crippen LogP contribution in [-0.4, -0.2) is 12.6 Å². The van der Waals surface area contributed by atoms with Gasteiger partial charge in [-0.05, 0) is 56.4 Å². The molecule has 0 bridgehead atoms. The van der Waals surface area contributed by atoms with Crippen molar-refractivity contribution in [3.63, 3.8) is 0 Å². The molecule has 3 atom stereocenters. The van der Waals surface area contributed by atoms with Gasteiger partial charge in [0.2, 0.25) is 0 Å². The van der Waals surface area contributed by atoms with Crippen LogP contribution in [0.3, 0.4) is 0 Å². The lowest BCUT2D eigenvalue weighted by Gasteiger charge is -2.41.